The van der Waals surface area contributed by atoms with E-state index in [1.54, 1.807) is 0 Å². The molecule has 9 atom stereocenters. The minimum atomic E-state index is -0.113. The van der Waals surface area contributed by atoms with Crippen LogP contribution in [0.5, 0.6) is 0 Å². The molecule has 0 bridgehead atoms. The SMILES string of the molecule is CC(C)C(O)CCCC1CCC2C3CCC4CC(O)CCC4(C)C3CCC12C. The van der Waals surface area contributed by atoms with Gasteiger partial charge in [-0.05, 0) is 117 Å². The molecule has 0 aliphatic heterocycles. The van der Waals surface area contributed by atoms with Gasteiger partial charge in [0.1, 0.15) is 0 Å². The van der Waals surface area contributed by atoms with Crippen molar-refractivity contribution in [1.29, 1.82) is 0 Å². The minimum absolute atomic E-state index is 0.0273. The third-order valence-electron chi connectivity index (χ3n) is 10.7. The molecule has 0 radical (unpaired) electrons. The summed E-state index contributed by atoms with van der Waals surface area (Å²) in [5.41, 5.74) is 1.06. The number of rotatable bonds is 5. The highest BCUT2D eigenvalue weighted by Gasteiger charge is 2.59. The van der Waals surface area contributed by atoms with Gasteiger partial charge in [0.2, 0.25) is 0 Å². The lowest BCUT2D eigenvalue weighted by Crippen LogP contribution is -2.53. The summed E-state index contributed by atoms with van der Waals surface area (Å²) in [5.74, 6) is 4.86. The molecule has 9 unspecified atom stereocenters. The molecule has 4 rings (SSSR count). The van der Waals surface area contributed by atoms with Crippen LogP contribution in [0.25, 0.3) is 0 Å². The molecule has 4 aliphatic rings. The maximum absolute atomic E-state index is 10.2. The molecule has 4 fully saturated rings. The smallest absolute Gasteiger partial charge is 0.0563 e. The van der Waals surface area contributed by atoms with Gasteiger partial charge in [-0.1, -0.05) is 34.1 Å². The van der Waals surface area contributed by atoms with E-state index >= 15 is 0 Å². The van der Waals surface area contributed by atoms with Crippen LogP contribution in [0, 0.1) is 46.3 Å². The Labute approximate surface area is 173 Å². The van der Waals surface area contributed by atoms with Crippen LogP contribution in [0.2, 0.25) is 0 Å². The van der Waals surface area contributed by atoms with Gasteiger partial charge in [0, 0.05) is 0 Å². The molecule has 162 valence electrons. The van der Waals surface area contributed by atoms with Crippen LogP contribution in [0.4, 0.5) is 0 Å². The second-order valence-corrected chi connectivity index (χ2v) is 12.1. The van der Waals surface area contributed by atoms with Gasteiger partial charge >= 0.3 is 0 Å². The van der Waals surface area contributed by atoms with E-state index in [1.807, 2.05) is 0 Å². The zero-order valence-electron chi connectivity index (χ0n) is 19.0. The fraction of sp³-hybridized carbons (Fsp3) is 1.00. The molecule has 0 aromatic heterocycles. The van der Waals surface area contributed by atoms with Crippen molar-refractivity contribution < 1.29 is 10.2 Å². The molecule has 0 saturated heterocycles. The van der Waals surface area contributed by atoms with Gasteiger partial charge in [0.25, 0.3) is 0 Å². The minimum Gasteiger partial charge on any atom is -0.393 e. The van der Waals surface area contributed by atoms with Crippen molar-refractivity contribution in [1.82, 2.24) is 0 Å². The highest BCUT2D eigenvalue weighted by Crippen LogP contribution is 2.67. The van der Waals surface area contributed by atoms with E-state index < -0.39 is 0 Å². The van der Waals surface area contributed by atoms with E-state index in [2.05, 4.69) is 27.7 Å². The highest BCUT2D eigenvalue weighted by molar-refractivity contribution is 5.09. The normalized spacial score (nSPS) is 49.4. The van der Waals surface area contributed by atoms with Crippen molar-refractivity contribution in [3.63, 3.8) is 0 Å². The Morgan fingerprint density at radius 3 is 2.36 bits per heavy atom. The van der Waals surface area contributed by atoms with E-state index in [4.69, 9.17) is 0 Å². The van der Waals surface area contributed by atoms with Crippen molar-refractivity contribution in [2.45, 2.75) is 117 Å². The van der Waals surface area contributed by atoms with Crippen LogP contribution in [0.3, 0.4) is 0 Å². The largest absolute Gasteiger partial charge is 0.393 e. The Morgan fingerprint density at radius 2 is 1.61 bits per heavy atom. The van der Waals surface area contributed by atoms with E-state index in [0.29, 0.717) is 16.7 Å². The summed E-state index contributed by atoms with van der Waals surface area (Å²) in [5, 5.41) is 20.4. The summed E-state index contributed by atoms with van der Waals surface area (Å²) in [7, 11) is 0. The molecule has 0 spiro atoms. The van der Waals surface area contributed by atoms with Crippen molar-refractivity contribution in [2.75, 3.05) is 0 Å². The summed E-state index contributed by atoms with van der Waals surface area (Å²) in [6.45, 7) is 9.52. The highest BCUT2D eigenvalue weighted by atomic mass is 16.3. The molecular formula is C26H46O2. The molecule has 0 aromatic rings. The van der Waals surface area contributed by atoms with E-state index in [-0.39, 0.29) is 12.2 Å². The van der Waals surface area contributed by atoms with Crippen LogP contribution in [0.15, 0.2) is 0 Å². The van der Waals surface area contributed by atoms with Crippen LogP contribution in [-0.2, 0) is 0 Å². The van der Waals surface area contributed by atoms with Crippen molar-refractivity contribution in [2.24, 2.45) is 46.3 Å². The van der Waals surface area contributed by atoms with Gasteiger partial charge in [-0.2, -0.15) is 0 Å². The van der Waals surface area contributed by atoms with Crippen LogP contribution >= 0.6 is 0 Å². The molecule has 2 heteroatoms. The summed E-state index contributed by atoms with van der Waals surface area (Å²) < 4.78 is 0. The molecule has 2 N–H and O–H groups in total. The first-order valence-electron chi connectivity index (χ1n) is 12.6. The lowest BCUT2D eigenvalue weighted by atomic mass is 9.44. The standard InChI is InChI=1S/C26H46O2/c1-17(2)24(28)7-5-6-18-9-11-22-21-10-8-19-16-20(27)12-14-26(19,4)23(21)13-15-25(18,22)3/h17-24,27-28H,5-16H2,1-4H3. The average Bonchev–Trinajstić information content (AvgIpc) is 2.99. The quantitative estimate of drug-likeness (QED) is 0.587. The lowest BCUT2D eigenvalue weighted by Gasteiger charge is -2.61. The lowest BCUT2D eigenvalue weighted by molar-refractivity contribution is -0.127. The molecule has 2 nitrogen and oxygen atoms in total. The van der Waals surface area contributed by atoms with Gasteiger partial charge < -0.3 is 10.2 Å². The summed E-state index contributed by atoms with van der Waals surface area (Å²) in [6.07, 6.45) is 15.3. The average molecular weight is 391 g/mol. The van der Waals surface area contributed by atoms with E-state index in [9.17, 15) is 10.2 Å². The third kappa shape index (κ3) is 3.49. The van der Waals surface area contributed by atoms with Crippen molar-refractivity contribution in [3.05, 3.63) is 0 Å². The Kier molecular flexibility index (Phi) is 5.95. The first-order valence-corrected chi connectivity index (χ1v) is 12.6. The Hall–Kier alpha value is -0.0800. The number of aliphatic hydroxyl groups is 2. The number of aliphatic hydroxyl groups excluding tert-OH is 2. The second-order valence-electron chi connectivity index (χ2n) is 12.1. The van der Waals surface area contributed by atoms with Gasteiger partial charge in [-0.15, -0.1) is 0 Å². The van der Waals surface area contributed by atoms with Crippen LogP contribution in [0.1, 0.15) is 105 Å². The van der Waals surface area contributed by atoms with Gasteiger partial charge in [-0.3, -0.25) is 0 Å². The first-order chi connectivity index (χ1) is 13.3. The van der Waals surface area contributed by atoms with Gasteiger partial charge in [0.15, 0.2) is 0 Å². The van der Waals surface area contributed by atoms with Gasteiger partial charge in [0.05, 0.1) is 12.2 Å². The Bertz CT molecular complexity index is 545. The zero-order valence-corrected chi connectivity index (χ0v) is 19.0. The number of hydrogen-bond donors (Lipinski definition) is 2. The maximum atomic E-state index is 10.2. The fourth-order valence-electron chi connectivity index (χ4n) is 8.73. The van der Waals surface area contributed by atoms with E-state index in [1.165, 1.54) is 57.8 Å². The third-order valence-corrected chi connectivity index (χ3v) is 10.7. The molecule has 0 amide bonds. The molecule has 0 aromatic carbocycles. The monoisotopic (exact) mass is 390 g/mol. The zero-order chi connectivity index (χ0) is 20.1. The fourth-order valence-corrected chi connectivity index (χ4v) is 8.73. The molecular weight excluding hydrogens is 344 g/mol. The van der Waals surface area contributed by atoms with Crippen LogP contribution in [-0.4, -0.2) is 22.4 Å². The summed E-state index contributed by atoms with van der Waals surface area (Å²) in [4.78, 5) is 0. The van der Waals surface area contributed by atoms with Crippen molar-refractivity contribution >= 4 is 0 Å². The van der Waals surface area contributed by atoms with E-state index in [0.717, 1.165) is 48.9 Å². The summed E-state index contributed by atoms with van der Waals surface area (Å²) in [6, 6.07) is 0. The molecule has 4 saturated carbocycles. The number of fused-ring (bicyclic) bond motifs is 5. The predicted octanol–water partition coefficient (Wildman–Crippen LogP) is 6.19. The first kappa shape index (κ1) is 21.2. The van der Waals surface area contributed by atoms with Crippen LogP contribution < -0.4 is 0 Å². The van der Waals surface area contributed by atoms with Gasteiger partial charge in [-0.25, -0.2) is 0 Å². The summed E-state index contributed by atoms with van der Waals surface area (Å²) >= 11 is 0. The Balaban J connectivity index is 1.42. The molecule has 4 aliphatic carbocycles. The second kappa shape index (κ2) is 7.88. The maximum Gasteiger partial charge on any atom is 0.0563 e. The van der Waals surface area contributed by atoms with Crippen molar-refractivity contribution in [3.8, 4) is 0 Å². The molecule has 0 heterocycles. The topological polar surface area (TPSA) is 40.5 Å². The number of hydrogen-bond acceptors (Lipinski definition) is 2. The predicted molar refractivity (Wildman–Crippen MR) is 116 cm³/mol. The Morgan fingerprint density at radius 1 is 0.893 bits per heavy atom. The molecule has 28 heavy (non-hydrogen) atoms.